The van der Waals surface area contributed by atoms with Crippen LogP contribution in [0, 0.1) is 0 Å². The Hall–Kier alpha value is -2.07. The standard InChI is InChI=1S/C13H12N2O2/c14-13-12-10(7-8(17-12)5-6-16)9-3-1-2-4-11(9)15-13/h1-4,7,16H,5-6H2,(H2,14,15). The molecule has 2 heterocycles. The molecule has 4 heteroatoms. The fourth-order valence-corrected chi connectivity index (χ4v) is 2.05. The van der Waals surface area contributed by atoms with Crippen molar-refractivity contribution >= 4 is 27.7 Å². The third-order valence-electron chi connectivity index (χ3n) is 2.81. The van der Waals surface area contributed by atoms with Crippen LogP contribution in [0.4, 0.5) is 5.82 Å². The summed E-state index contributed by atoms with van der Waals surface area (Å²) < 4.78 is 5.60. The molecule has 0 fully saturated rings. The zero-order valence-corrected chi connectivity index (χ0v) is 9.18. The summed E-state index contributed by atoms with van der Waals surface area (Å²) in [6, 6.07) is 9.71. The van der Waals surface area contributed by atoms with E-state index in [1.54, 1.807) is 0 Å². The third-order valence-corrected chi connectivity index (χ3v) is 2.81. The molecule has 3 rings (SSSR count). The molecule has 0 unspecified atom stereocenters. The number of rotatable bonds is 2. The average molecular weight is 228 g/mol. The molecular weight excluding hydrogens is 216 g/mol. The van der Waals surface area contributed by atoms with E-state index in [0.29, 0.717) is 17.8 Å². The van der Waals surface area contributed by atoms with Crippen LogP contribution in [0.1, 0.15) is 5.76 Å². The summed E-state index contributed by atoms with van der Waals surface area (Å²) in [5.74, 6) is 1.12. The van der Waals surface area contributed by atoms with Gasteiger partial charge in [0.15, 0.2) is 11.4 Å². The Morgan fingerprint density at radius 1 is 1.24 bits per heavy atom. The number of aromatic nitrogens is 1. The molecule has 0 amide bonds. The summed E-state index contributed by atoms with van der Waals surface area (Å²) in [6.07, 6.45) is 0.489. The Morgan fingerprint density at radius 3 is 2.88 bits per heavy atom. The minimum absolute atomic E-state index is 0.0606. The average Bonchev–Trinajstić information content (AvgIpc) is 2.74. The van der Waals surface area contributed by atoms with E-state index in [9.17, 15) is 0 Å². The molecule has 0 atom stereocenters. The second-order valence-electron chi connectivity index (χ2n) is 3.94. The second kappa shape index (κ2) is 3.75. The van der Waals surface area contributed by atoms with Gasteiger partial charge in [-0.2, -0.15) is 0 Å². The van der Waals surface area contributed by atoms with Crippen molar-refractivity contribution in [2.45, 2.75) is 6.42 Å². The number of hydrogen-bond donors (Lipinski definition) is 2. The maximum Gasteiger partial charge on any atom is 0.176 e. The predicted molar refractivity (Wildman–Crippen MR) is 66.7 cm³/mol. The van der Waals surface area contributed by atoms with Crippen LogP contribution in [0.5, 0.6) is 0 Å². The number of benzene rings is 1. The number of anilines is 1. The lowest BCUT2D eigenvalue weighted by Crippen LogP contribution is -1.91. The number of furan rings is 1. The van der Waals surface area contributed by atoms with Crippen LogP contribution in [0.3, 0.4) is 0 Å². The van der Waals surface area contributed by atoms with Gasteiger partial charge in [-0.05, 0) is 12.1 Å². The monoisotopic (exact) mass is 228 g/mol. The molecule has 0 radical (unpaired) electrons. The van der Waals surface area contributed by atoms with Gasteiger partial charge in [-0.15, -0.1) is 0 Å². The normalized spacial score (nSPS) is 11.4. The number of nitrogen functional groups attached to an aromatic ring is 1. The molecule has 3 aromatic rings. The molecule has 4 nitrogen and oxygen atoms in total. The van der Waals surface area contributed by atoms with E-state index in [2.05, 4.69) is 4.98 Å². The highest BCUT2D eigenvalue weighted by atomic mass is 16.3. The van der Waals surface area contributed by atoms with Crippen LogP contribution in [0.2, 0.25) is 0 Å². The SMILES string of the molecule is Nc1nc2ccccc2c2cc(CCO)oc12. The highest BCUT2D eigenvalue weighted by Gasteiger charge is 2.11. The van der Waals surface area contributed by atoms with Crippen molar-refractivity contribution < 1.29 is 9.52 Å². The van der Waals surface area contributed by atoms with Crippen molar-refractivity contribution in [2.24, 2.45) is 0 Å². The summed E-state index contributed by atoms with van der Waals surface area (Å²) in [5, 5.41) is 10.9. The van der Waals surface area contributed by atoms with E-state index < -0.39 is 0 Å². The molecule has 0 saturated carbocycles. The number of nitrogens with two attached hydrogens (primary N) is 1. The van der Waals surface area contributed by atoms with Crippen LogP contribution in [-0.4, -0.2) is 16.7 Å². The molecule has 0 bridgehead atoms. The lowest BCUT2D eigenvalue weighted by atomic mass is 10.1. The first-order valence-corrected chi connectivity index (χ1v) is 5.47. The van der Waals surface area contributed by atoms with Gasteiger partial charge in [-0.1, -0.05) is 18.2 Å². The van der Waals surface area contributed by atoms with Crippen LogP contribution >= 0.6 is 0 Å². The molecule has 3 N–H and O–H groups in total. The van der Waals surface area contributed by atoms with Gasteiger partial charge < -0.3 is 15.3 Å². The summed E-state index contributed by atoms with van der Waals surface area (Å²) in [6.45, 7) is 0.0606. The topological polar surface area (TPSA) is 72.3 Å². The minimum Gasteiger partial charge on any atom is -0.457 e. The van der Waals surface area contributed by atoms with Crippen molar-refractivity contribution in [3.63, 3.8) is 0 Å². The van der Waals surface area contributed by atoms with Gasteiger partial charge in [0.25, 0.3) is 0 Å². The van der Waals surface area contributed by atoms with E-state index >= 15 is 0 Å². The van der Waals surface area contributed by atoms with Crippen LogP contribution in [0.25, 0.3) is 21.9 Å². The molecule has 0 aliphatic rings. The molecule has 86 valence electrons. The number of fused-ring (bicyclic) bond motifs is 3. The largest absolute Gasteiger partial charge is 0.457 e. The van der Waals surface area contributed by atoms with E-state index in [1.165, 1.54) is 0 Å². The van der Waals surface area contributed by atoms with E-state index in [0.717, 1.165) is 22.0 Å². The smallest absolute Gasteiger partial charge is 0.176 e. The van der Waals surface area contributed by atoms with Crippen molar-refractivity contribution in [1.29, 1.82) is 0 Å². The lowest BCUT2D eigenvalue weighted by molar-refractivity contribution is 0.289. The third kappa shape index (κ3) is 1.54. The number of para-hydroxylation sites is 1. The second-order valence-corrected chi connectivity index (χ2v) is 3.94. The number of aliphatic hydroxyl groups excluding tert-OH is 1. The van der Waals surface area contributed by atoms with Gasteiger partial charge in [0.2, 0.25) is 0 Å². The van der Waals surface area contributed by atoms with E-state index in [4.69, 9.17) is 15.3 Å². The molecule has 0 saturated heterocycles. The number of hydrogen-bond acceptors (Lipinski definition) is 4. The van der Waals surface area contributed by atoms with E-state index in [1.807, 2.05) is 30.3 Å². The first-order valence-electron chi connectivity index (χ1n) is 5.47. The highest BCUT2D eigenvalue weighted by Crippen LogP contribution is 2.30. The maximum absolute atomic E-state index is 8.92. The maximum atomic E-state index is 8.92. The fourth-order valence-electron chi connectivity index (χ4n) is 2.05. The van der Waals surface area contributed by atoms with E-state index in [-0.39, 0.29) is 6.61 Å². The Kier molecular flexibility index (Phi) is 2.23. The Morgan fingerprint density at radius 2 is 2.06 bits per heavy atom. The van der Waals surface area contributed by atoms with Crippen molar-refractivity contribution in [3.8, 4) is 0 Å². The number of nitrogens with zero attached hydrogens (tertiary/aromatic N) is 1. The van der Waals surface area contributed by atoms with Crippen molar-refractivity contribution in [3.05, 3.63) is 36.1 Å². The summed E-state index contributed by atoms with van der Waals surface area (Å²) in [5.41, 5.74) is 7.32. The number of aliphatic hydroxyl groups is 1. The molecule has 0 spiro atoms. The van der Waals surface area contributed by atoms with Crippen LogP contribution in [0.15, 0.2) is 34.7 Å². The van der Waals surface area contributed by atoms with Gasteiger partial charge in [-0.3, -0.25) is 0 Å². The molecule has 1 aromatic carbocycles. The Labute approximate surface area is 97.7 Å². The first-order chi connectivity index (χ1) is 8.29. The lowest BCUT2D eigenvalue weighted by Gasteiger charge is -1.99. The van der Waals surface area contributed by atoms with Gasteiger partial charge in [0.1, 0.15) is 5.76 Å². The van der Waals surface area contributed by atoms with Crippen molar-refractivity contribution in [2.75, 3.05) is 12.3 Å². The summed E-state index contributed by atoms with van der Waals surface area (Å²) in [4.78, 5) is 4.30. The molecule has 0 aliphatic carbocycles. The van der Waals surface area contributed by atoms with Gasteiger partial charge in [0, 0.05) is 17.2 Å². The van der Waals surface area contributed by atoms with Gasteiger partial charge in [0.05, 0.1) is 12.1 Å². The van der Waals surface area contributed by atoms with Crippen molar-refractivity contribution in [1.82, 2.24) is 4.98 Å². The molecule has 2 aromatic heterocycles. The zero-order valence-electron chi connectivity index (χ0n) is 9.18. The molecule has 17 heavy (non-hydrogen) atoms. The predicted octanol–water partition coefficient (Wildman–Crippen LogP) is 2.10. The zero-order chi connectivity index (χ0) is 11.8. The first kappa shape index (κ1) is 10.1. The minimum atomic E-state index is 0.0606. The highest BCUT2D eigenvalue weighted by molar-refractivity contribution is 6.07. The quantitative estimate of drug-likeness (QED) is 0.704. The van der Waals surface area contributed by atoms with Gasteiger partial charge in [-0.25, -0.2) is 4.98 Å². The fraction of sp³-hybridized carbons (Fsp3) is 0.154. The van der Waals surface area contributed by atoms with Crippen LogP contribution in [-0.2, 0) is 6.42 Å². The Bertz CT molecular complexity index is 688. The Balaban J connectivity index is 2.39. The summed E-state index contributed by atoms with van der Waals surface area (Å²) in [7, 11) is 0. The summed E-state index contributed by atoms with van der Waals surface area (Å²) >= 11 is 0. The molecular formula is C13H12N2O2. The molecule has 0 aliphatic heterocycles. The number of pyridine rings is 1. The van der Waals surface area contributed by atoms with Crippen LogP contribution < -0.4 is 5.73 Å². The van der Waals surface area contributed by atoms with Gasteiger partial charge >= 0.3 is 0 Å².